The largest absolute Gasteiger partial charge is 0.424 e. The summed E-state index contributed by atoms with van der Waals surface area (Å²) in [4.78, 5) is 24.5. The summed E-state index contributed by atoms with van der Waals surface area (Å²) in [6.07, 6.45) is 20.3. The van der Waals surface area contributed by atoms with Gasteiger partial charge in [-0.25, -0.2) is 0 Å². The van der Waals surface area contributed by atoms with Crippen LogP contribution in [0.3, 0.4) is 0 Å². The van der Waals surface area contributed by atoms with Crippen LogP contribution in [0.4, 0.5) is 0 Å². The SMILES string of the molecule is C=C/C(=C\C=C\C1CCCCC1)Oc1nc(Oc2ccc(C(N)=O)cc2)nc(Oc2ccc(C3CCCCC3)cc2)n1. The Labute approximate surface area is 247 Å². The number of aromatic nitrogens is 3. The van der Waals surface area contributed by atoms with E-state index in [1.165, 1.54) is 69.8 Å². The van der Waals surface area contributed by atoms with E-state index in [-0.39, 0.29) is 18.0 Å². The monoisotopic (exact) mass is 566 g/mol. The summed E-state index contributed by atoms with van der Waals surface area (Å²) in [5.74, 6) is 2.15. The van der Waals surface area contributed by atoms with Gasteiger partial charge in [-0.3, -0.25) is 4.79 Å². The number of amides is 1. The highest BCUT2D eigenvalue weighted by atomic mass is 16.5. The van der Waals surface area contributed by atoms with E-state index in [0.717, 1.165) is 0 Å². The predicted molar refractivity (Wildman–Crippen MR) is 162 cm³/mol. The third-order valence-corrected chi connectivity index (χ3v) is 7.79. The number of ether oxygens (including phenoxy) is 3. The Hall–Kier alpha value is -4.46. The van der Waals surface area contributed by atoms with E-state index >= 15 is 0 Å². The van der Waals surface area contributed by atoms with Gasteiger partial charge in [0.15, 0.2) is 0 Å². The van der Waals surface area contributed by atoms with E-state index in [9.17, 15) is 4.79 Å². The molecule has 0 bridgehead atoms. The molecule has 0 atom stereocenters. The minimum Gasteiger partial charge on any atom is -0.424 e. The highest BCUT2D eigenvalue weighted by Gasteiger charge is 2.17. The van der Waals surface area contributed by atoms with E-state index in [4.69, 9.17) is 19.9 Å². The zero-order valence-corrected chi connectivity index (χ0v) is 23.9. The van der Waals surface area contributed by atoms with E-state index in [1.807, 2.05) is 24.3 Å². The molecule has 1 aromatic heterocycles. The van der Waals surface area contributed by atoms with Crippen LogP contribution in [0.1, 0.15) is 86.0 Å². The molecule has 42 heavy (non-hydrogen) atoms. The van der Waals surface area contributed by atoms with E-state index in [2.05, 4.69) is 39.7 Å². The molecular formula is C34H38N4O4. The minimum atomic E-state index is -0.524. The number of benzene rings is 2. The molecule has 8 heteroatoms. The molecule has 2 saturated carbocycles. The first-order chi connectivity index (χ1) is 20.6. The molecule has 0 spiro atoms. The summed E-state index contributed by atoms with van der Waals surface area (Å²) in [6.45, 7) is 3.87. The lowest BCUT2D eigenvalue weighted by atomic mass is 9.84. The highest BCUT2D eigenvalue weighted by Crippen LogP contribution is 2.34. The van der Waals surface area contributed by atoms with Gasteiger partial charge in [-0.1, -0.05) is 69.4 Å². The summed E-state index contributed by atoms with van der Waals surface area (Å²) >= 11 is 0. The number of allylic oxidation sites excluding steroid dienone is 4. The smallest absolute Gasteiger partial charge is 0.331 e. The third-order valence-electron chi connectivity index (χ3n) is 7.79. The lowest BCUT2D eigenvalue weighted by molar-refractivity contribution is 0.1000. The van der Waals surface area contributed by atoms with Gasteiger partial charge in [-0.2, -0.15) is 0 Å². The minimum absolute atomic E-state index is 0.000187. The van der Waals surface area contributed by atoms with Crippen molar-refractivity contribution in [2.24, 2.45) is 11.7 Å². The van der Waals surface area contributed by atoms with Crippen LogP contribution in [0.15, 0.2) is 85.2 Å². The second-order valence-electron chi connectivity index (χ2n) is 10.8. The van der Waals surface area contributed by atoms with Crippen LogP contribution in [0.25, 0.3) is 0 Å². The Balaban J connectivity index is 1.35. The molecule has 2 aliphatic carbocycles. The Morgan fingerprint density at radius 3 is 1.88 bits per heavy atom. The van der Waals surface area contributed by atoms with E-state index in [0.29, 0.717) is 34.7 Å². The van der Waals surface area contributed by atoms with Gasteiger partial charge in [0, 0.05) is 5.56 Å². The number of rotatable bonds is 11. The Morgan fingerprint density at radius 2 is 1.31 bits per heavy atom. The molecule has 2 aromatic carbocycles. The number of carbonyl (C=O) groups is 1. The molecule has 1 amide bonds. The molecule has 2 aliphatic rings. The van der Waals surface area contributed by atoms with Crippen LogP contribution >= 0.6 is 0 Å². The quantitative estimate of drug-likeness (QED) is 0.184. The van der Waals surface area contributed by atoms with Crippen molar-refractivity contribution in [3.63, 3.8) is 0 Å². The van der Waals surface area contributed by atoms with Crippen molar-refractivity contribution >= 4 is 5.91 Å². The fourth-order valence-electron chi connectivity index (χ4n) is 5.48. The normalized spacial score (nSPS) is 16.7. The lowest BCUT2D eigenvalue weighted by Gasteiger charge is -2.22. The van der Waals surface area contributed by atoms with Gasteiger partial charge in [0.05, 0.1) is 0 Å². The molecule has 0 unspecified atom stereocenters. The van der Waals surface area contributed by atoms with E-state index in [1.54, 1.807) is 30.3 Å². The summed E-state index contributed by atoms with van der Waals surface area (Å²) in [6, 6.07) is 14.4. The Kier molecular flexibility index (Phi) is 9.98. The molecule has 3 aromatic rings. The summed E-state index contributed by atoms with van der Waals surface area (Å²) in [7, 11) is 0. The first-order valence-electron chi connectivity index (χ1n) is 14.9. The van der Waals surface area contributed by atoms with E-state index < -0.39 is 5.91 Å². The molecule has 0 saturated heterocycles. The van der Waals surface area contributed by atoms with Gasteiger partial charge in [-0.05, 0) is 91.6 Å². The van der Waals surface area contributed by atoms with Gasteiger partial charge in [0.1, 0.15) is 17.3 Å². The van der Waals surface area contributed by atoms with Crippen LogP contribution in [-0.4, -0.2) is 20.9 Å². The Morgan fingerprint density at radius 1 is 0.762 bits per heavy atom. The van der Waals surface area contributed by atoms with Crippen molar-refractivity contribution in [1.29, 1.82) is 0 Å². The van der Waals surface area contributed by atoms with Gasteiger partial charge >= 0.3 is 18.0 Å². The van der Waals surface area contributed by atoms with Crippen molar-refractivity contribution in [2.45, 2.75) is 70.1 Å². The number of hydrogen-bond acceptors (Lipinski definition) is 7. The second-order valence-corrected chi connectivity index (χ2v) is 10.8. The van der Waals surface area contributed by atoms with Gasteiger partial charge in [0.25, 0.3) is 0 Å². The van der Waals surface area contributed by atoms with Crippen molar-refractivity contribution in [3.8, 4) is 29.5 Å². The number of primary amides is 1. The third kappa shape index (κ3) is 8.28. The first-order valence-corrected chi connectivity index (χ1v) is 14.9. The van der Waals surface area contributed by atoms with Crippen LogP contribution in [0.5, 0.6) is 29.5 Å². The maximum absolute atomic E-state index is 11.4. The fraction of sp³-hybridized carbons (Fsp3) is 0.353. The molecule has 1 heterocycles. The maximum atomic E-state index is 11.4. The Bertz CT molecular complexity index is 1400. The fourth-order valence-corrected chi connectivity index (χ4v) is 5.48. The topological polar surface area (TPSA) is 109 Å². The van der Waals surface area contributed by atoms with Crippen molar-refractivity contribution in [1.82, 2.24) is 15.0 Å². The molecule has 0 aliphatic heterocycles. The number of nitrogens with zero attached hydrogens (tertiary/aromatic N) is 3. The summed E-state index contributed by atoms with van der Waals surface area (Å²) in [5.41, 5.74) is 7.05. The van der Waals surface area contributed by atoms with Crippen LogP contribution in [-0.2, 0) is 0 Å². The van der Waals surface area contributed by atoms with Gasteiger partial charge in [0.2, 0.25) is 5.91 Å². The molecule has 2 fully saturated rings. The highest BCUT2D eigenvalue weighted by molar-refractivity contribution is 5.92. The molecular weight excluding hydrogens is 528 g/mol. The zero-order valence-electron chi connectivity index (χ0n) is 23.9. The summed E-state index contributed by atoms with van der Waals surface area (Å²) < 4.78 is 17.9. The van der Waals surface area contributed by atoms with Crippen molar-refractivity contribution in [2.75, 3.05) is 0 Å². The predicted octanol–water partition coefficient (Wildman–Crippen LogP) is 8.19. The first kappa shape index (κ1) is 29.0. The van der Waals surface area contributed by atoms with Crippen LogP contribution < -0.4 is 19.9 Å². The molecule has 5 rings (SSSR count). The van der Waals surface area contributed by atoms with Crippen LogP contribution in [0.2, 0.25) is 0 Å². The molecule has 8 nitrogen and oxygen atoms in total. The van der Waals surface area contributed by atoms with Crippen molar-refractivity contribution in [3.05, 3.63) is 96.3 Å². The number of hydrogen-bond donors (Lipinski definition) is 1. The average Bonchev–Trinajstić information content (AvgIpc) is 3.02. The van der Waals surface area contributed by atoms with Crippen molar-refractivity contribution < 1.29 is 19.0 Å². The molecule has 218 valence electrons. The average molecular weight is 567 g/mol. The second kappa shape index (κ2) is 14.4. The van der Waals surface area contributed by atoms with Gasteiger partial charge in [-0.15, -0.1) is 15.0 Å². The standard InChI is InChI=1S/C34H38N4O4/c1-2-28(15-9-12-24-10-5-3-6-11-24)40-32-36-33(38-34(37-32)42-30-22-18-27(19-23-30)31(35)39)41-29-20-16-26(17-21-29)25-13-7-4-8-14-25/h2,9,12,15-25H,1,3-8,10-11,13-14H2,(H2,35,39)/b12-9+,28-15+. The number of nitrogens with two attached hydrogens (primary N) is 1. The maximum Gasteiger partial charge on any atom is 0.331 e. The lowest BCUT2D eigenvalue weighted by Crippen LogP contribution is -2.10. The van der Waals surface area contributed by atoms with Gasteiger partial charge < -0.3 is 19.9 Å². The number of carbonyl (C=O) groups excluding carboxylic acids is 1. The molecule has 0 radical (unpaired) electrons. The zero-order chi connectivity index (χ0) is 29.1. The summed E-state index contributed by atoms with van der Waals surface area (Å²) in [5, 5.41) is 0. The van der Waals surface area contributed by atoms with Crippen LogP contribution in [0, 0.1) is 5.92 Å². The molecule has 2 N–H and O–H groups in total.